The summed E-state index contributed by atoms with van der Waals surface area (Å²) in [5.74, 6) is 0.661. The van der Waals surface area contributed by atoms with Crippen molar-refractivity contribution in [1.82, 2.24) is 10.3 Å². The van der Waals surface area contributed by atoms with Gasteiger partial charge in [-0.2, -0.15) is 0 Å². The highest BCUT2D eigenvalue weighted by Gasteiger charge is 2.47. The molecule has 0 bridgehead atoms. The Morgan fingerprint density at radius 2 is 2.29 bits per heavy atom. The largest absolute Gasteiger partial charge is 0.316 e. The zero-order valence-electron chi connectivity index (χ0n) is 9.12. The van der Waals surface area contributed by atoms with Crippen molar-refractivity contribution in [3.05, 3.63) is 30.1 Å². The van der Waals surface area contributed by atoms with Gasteiger partial charge in [0.15, 0.2) is 0 Å². The first-order valence-corrected chi connectivity index (χ1v) is 5.23. The van der Waals surface area contributed by atoms with Gasteiger partial charge in [-0.15, -0.1) is 0 Å². The van der Waals surface area contributed by atoms with E-state index in [0.717, 1.165) is 0 Å². The Hall–Kier alpha value is -0.890. The molecule has 2 heteroatoms. The smallest absolute Gasteiger partial charge is 0.0302 e. The molecule has 76 valence electrons. The fraction of sp³-hybridized carbons (Fsp3) is 0.583. The number of hydrogen-bond donors (Lipinski definition) is 1. The van der Waals surface area contributed by atoms with Crippen LogP contribution in [0.1, 0.15) is 31.7 Å². The van der Waals surface area contributed by atoms with E-state index in [2.05, 4.69) is 30.2 Å². The molecule has 0 amide bonds. The minimum Gasteiger partial charge on any atom is -0.316 e. The molecule has 0 aliphatic heterocycles. The zero-order chi connectivity index (χ0) is 10.2. The van der Waals surface area contributed by atoms with Crippen LogP contribution in [0.15, 0.2) is 24.5 Å². The summed E-state index contributed by atoms with van der Waals surface area (Å²) in [6.45, 7) is 4.66. The predicted octanol–water partition coefficient (Wildman–Crippen LogP) is 2.18. The van der Waals surface area contributed by atoms with Gasteiger partial charge < -0.3 is 5.32 Å². The number of nitrogens with zero attached hydrogens (tertiary/aromatic N) is 1. The second-order valence-corrected chi connectivity index (χ2v) is 4.74. The van der Waals surface area contributed by atoms with E-state index in [9.17, 15) is 0 Å². The number of rotatable bonds is 2. The summed E-state index contributed by atoms with van der Waals surface area (Å²) in [4.78, 5) is 4.18. The van der Waals surface area contributed by atoms with Crippen LogP contribution in [0.5, 0.6) is 0 Å². The summed E-state index contributed by atoms with van der Waals surface area (Å²) >= 11 is 0. The van der Waals surface area contributed by atoms with Crippen molar-refractivity contribution in [3.63, 3.8) is 0 Å². The minimum absolute atomic E-state index is 0.359. The molecule has 1 aliphatic rings. The second kappa shape index (κ2) is 3.35. The van der Waals surface area contributed by atoms with Crippen molar-refractivity contribution in [3.8, 4) is 0 Å². The molecule has 0 saturated heterocycles. The topological polar surface area (TPSA) is 24.9 Å². The molecule has 1 aromatic rings. The summed E-state index contributed by atoms with van der Waals surface area (Å²) in [5, 5.41) is 3.37. The van der Waals surface area contributed by atoms with E-state index in [1.54, 1.807) is 0 Å². The van der Waals surface area contributed by atoms with Gasteiger partial charge in [0, 0.05) is 18.4 Å². The lowest BCUT2D eigenvalue weighted by atomic mass is 9.56. The highest BCUT2D eigenvalue weighted by atomic mass is 14.9. The van der Waals surface area contributed by atoms with Crippen LogP contribution in [0.3, 0.4) is 0 Å². The van der Waals surface area contributed by atoms with Gasteiger partial charge in [0.1, 0.15) is 0 Å². The monoisotopic (exact) mass is 190 g/mol. The summed E-state index contributed by atoms with van der Waals surface area (Å²) < 4.78 is 0. The first-order chi connectivity index (χ1) is 6.66. The van der Waals surface area contributed by atoms with E-state index >= 15 is 0 Å². The van der Waals surface area contributed by atoms with Crippen LogP contribution in [0.4, 0.5) is 0 Å². The average Bonchev–Trinajstić information content (AvgIpc) is 2.18. The lowest BCUT2D eigenvalue weighted by Gasteiger charge is -2.52. The van der Waals surface area contributed by atoms with Crippen LogP contribution in [0, 0.1) is 5.41 Å². The third-order valence-electron chi connectivity index (χ3n) is 3.70. The molecule has 2 nitrogen and oxygen atoms in total. The summed E-state index contributed by atoms with van der Waals surface area (Å²) in [6.07, 6.45) is 5.07. The first-order valence-electron chi connectivity index (χ1n) is 5.23. The van der Waals surface area contributed by atoms with Gasteiger partial charge in [0.2, 0.25) is 0 Å². The fourth-order valence-corrected chi connectivity index (χ4v) is 2.56. The van der Waals surface area contributed by atoms with Gasteiger partial charge in [0.25, 0.3) is 0 Å². The second-order valence-electron chi connectivity index (χ2n) is 4.74. The number of nitrogens with one attached hydrogen (secondary N) is 1. The van der Waals surface area contributed by atoms with Gasteiger partial charge in [-0.25, -0.2) is 0 Å². The van der Waals surface area contributed by atoms with E-state index in [1.807, 2.05) is 25.5 Å². The molecule has 1 heterocycles. The fourth-order valence-electron chi connectivity index (χ4n) is 2.56. The maximum absolute atomic E-state index is 4.18. The molecular weight excluding hydrogens is 172 g/mol. The Bertz CT molecular complexity index is 305. The standard InChI is InChI=1S/C12H18N2/c1-12(2)10(7-11(12)13-3)9-5-4-6-14-8-9/h4-6,8,10-11,13H,7H2,1-3H3. The van der Waals surface area contributed by atoms with Gasteiger partial charge in [-0.3, -0.25) is 4.98 Å². The molecule has 1 saturated carbocycles. The normalized spacial score (nSPS) is 29.6. The van der Waals surface area contributed by atoms with Crippen LogP contribution in [0.25, 0.3) is 0 Å². The third-order valence-corrected chi connectivity index (χ3v) is 3.70. The van der Waals surface area contributed by atoms with E-state index in [0.29, 0.717) is 17.4 Å². The Balaban J connectivity index is 2.17. The van der Waals surface area contributed by atoms with Crippen molar-refractivity contribution in [2.24, 2.45) is 5.41 Å². The summed E-state index contributed by atoms with van der Waals surface area (Å²) in [6, 6.07) is 4.86. The maximum Gasteiger partial charge on any atom is 0.0302 e. The molecule has 1 fully saturated rings. The highest BCUT2D eigenvalue weighted by molar-refractivity contribution is 5.24. The zero-order valence-corrected chi connectivity index (χ0v) is 9.12. The van der Waals surface area contributed by atoms with E-state index < -0.39 is 0 Å². The molecule has 14 heavy (non-hydrogen) atoms. The van der Waals surface area contributed by atoms with Crippen molar-refractivity contribution in [2.75, 3.05) is 7.05 Å². The third kappa shape index (κ3) is 1.34. The first kappa shape index (κ1) is 9.66. The maximum atomic E-state index is 4.18. The molecule has 0 aromatic carbocycles. The van der Waals surface area contributed by atoms with Crippen LogP contribution >= 0.6 is 0 Å². The summed E-state index contributed by atoms with van der Waals surface area (Å²) in [5.41, 5.74) is 1.74. The molecule has 2 atom stereocenters. The Labute approximate surface area is 85.7 Å². The summed E-state index contributed by atoms with van der Waals surface area (Å²) in [7, 11) is 2.05. The Morgan fingerprint density at radius 1 is 1.50 bits per heavy atom. The lowest BCUT2D eigenvalue weighted by molar-refractivity contribution is 0.0749. The van der Waals surface area contributed by atoms with E-state index in [-0.39, 0.29) is 0 Å². The Morgan fingerprint density at radius 3 is 2.79 bits per heavy atom. The average molecular weight is 190 g/mol. The predicted molar refractivity (Wildman–Crippen MR) is 58.2 cm³/mol. The molecule has 2 rings (SSSR count). The van der Waals surface area contributed by atoms with Gasteiger partial charge in [0.05, 0.1) is 0 Å². The van der Waals surface area contributed by atoms with Crippen LogP contribution < -0.4 is 5.32 Å². The molecule has 0 radical (unpaired) electrons. The molecule has 2 unspecified atom stereocenters. The number of aromatic nitrogens is 1. The number of pyridine rings is 1. The minimum atomic E-state index is 0.359. The molecular formula is C12H18N2. The van der Waals surface area contributed by atoms with Crippen molar-refractivity contribution < 1.29 is 0 Å². The molecule has 1 aromatic heterocycles. The Kier molecular flexibility index (Phi) is 2.31. The van der Waals surface area contributed by atoms with Gasteiger partial charge in [-0.1, -0.05) is 19.9 Å². The van der Waals surface area contributed by atoms with Crippen LogP contribution in [-0.2, 0) is 0 Å². The lowest BCUT2D eigenvalue weighted by Crippen LogP contribution is -2.54. The highest BCUT2D eigenvalue weighted by Crippen LogP contribution is 2.51. The van der Waals surface area contributed by atoms with Gasteiger partial charge >= 0.3 is 0 Å². The van der Waals surface area contributed by atoms with Crippen molar-refractivity contribution in [1.29, 1.82) is 0 Å². The van der Waals surface area contributed by atoms with Gasteiger partial charge in [-0.05, 0) is 36.4 Å². The molecule has 1 N–H and O–H groups in total. The van der Waals surface area contributed by atoms with E-state index in [4.69, 9.17) is 0 Å². The SMILES string of the molecule is CNC1CC(c2cccnc2)C1(C)C. The van der Waals surface area contributed by atoms with Crippen LogP contribution in [0.2, 0.25) is 0 Å². The quantitative estimate of drug-likeness (QED) is 0.773. The molecule has 1 aliphatic carbocycles. The van der Waals surface area contributed by atoms with E-state index in [1.165, 1.54) is 12.0 Å². The number of hydrogen-bond acceptors (Lipinski definition) is 2. The van der Waals surface area contributed by atoms with Crippen molar-refractivity contribution in [2.45, 2.75) is 32.2 Å². The molecule has 0 spiro atoms. The van der Waals surface area contributed by atoms with Crippen LogP contribution in [-0.4, -0.2) is 18.1 Å². The van der Waals surface area contributed by atoms with Crippen molar-refractivity contribution >= 4 is 0 Å².